The molecule has 0 aliphatic carbocycles. The molecule has 1 saturated heterocycles. The molecule has 2 N–H and O–H groups in total. The molecule has 2 aromatic rings. The number of H-pyrrole nitrogens is 1. The molecule has 19 heavy (non-hydrogen) atoms. The molecule has 1 fully saturated rings. The Morgan fingerprint density at radius 3 is 3.16 bits per heavy atom. The van der Waals surface area contributed by atoms with Gasteiger partial charge in [-0.15, -0.1) is 0 Å². The highest BCUT2D eigenvalue weighted by Gasteiger charge is 2.15. The molecule has 1 aromatic heterocycles. The second kappa shape index (κ2) is 5.36. The Labute approximate surface area is 110 Å². The highest BCUT2D eigenvalue weighted by atomic mass is 16.5. The van der Waals surface area contributed by atoms with Crippen molar-refractivity contribution in [2.45, 2.75) is 25.4 Å². The highest BCUT2D eigenvalue weighted by molar-refractivity contribution is 5.97. The van der Waals surface area contributed by atoms with E-state index in [0.717, 1.165) is 31.4 Å². The summed E-state index contributed by atoms with van der Waals surface area (Å²) in [5, 5.41) is 13.4. The molecule has 100 valence electrons. The smallest absolute Gasteiger partial charge is 0.251 e. The van der Waals surface area contributed by atoms with Gasteiger partial charge in [0.05, 0.1) is 6.10 Å². The van der Waals surface area contributed by atoms with Crippen LogP contribution in [0.15, 0.2) is 18.2 Å². The van der Waals surface area contributed by atoms with Crippen molar-refractivity contribution >= 4 is 16.9 Å². The minimum absolute atomic E-state index is 0.0807. The van der Waals surface area contributed by atoms with Crippen LogP contribution in [0.25, 0.3) is 11.0 Å². The van der Waals surface area contributed by atoms with Gasteiger partial charge in [0.25, 0.3) is 5.91 Å². The van der Waals surface area contributed by atoms with Crippen LogP contribution in [0, 0.1) is 0 Å². The van der Waals surface area contributed by atoms with Gasteiger partial charge in [0.1, 0.15) is 11.0 Å². The summed E-state index contributed by atoms with van der Waals surface area (Å²) in [4.78, 5) is 12.0. The van der Waals surface area contributed by atoms with Crippen molar-refractivity contribution in [3.63, 3.8) is 0 Å². The third kappa shape index (κ3) is 2.73. The van der Waals surface area contributed by atoms with Crippen LogP contribution in [-0.4, -0.2) is 40.6 Å². The van der Waals surface area contributed by atoms with E-state index in [1.807, 2.05) is 0 Å². The lowest BCUT2D eigenvalue weighted by Crippen LogP contribution is -2.26. The average molecular weight is 260 g/mol. The topological polar surface area (TPSA) is 79.9 Å². The van der Waals surface area contributed by atoms with Gasteiger partial charge in [0, 0.05) is 18.7 Å². The summed E-state index contributed by atoms with van der Waals surface area (Å²) in [6, 6.07) is 5.28. The van der Waals surface area contributed by atoms with Gasteiger partial charge in [-0.05, 0) is 37.5 Å². The van der Waals surface area contributed by atoms with Gasteiger partial charge in [0.2, 0.25) is 0 Å². The van der Waals surface area contributed by atoms with E-state index in [1.54, 1.807) is 18.2 Å². The minimum Gasteiger partial charge on any atom is -0.378 e. The van der Waals surface area contributed by atoms with Crippen LogP contribution in [0.4, 0.5) is 0 Å². The number of hydrogen-bond donors (Lipinski definition) is 2. The number of nitrogens with one attached hydrogen (secondary N) is 2. The van der Waals surface area contributed by atoms with Gasteiger partial charge >= 0.3 is 0 Å². The van der Waals surface area contributed by atoms with Crippen molar-refractivity contribution in [2.24, 2.45) is 0 Å². The van der Waals surface area contributed by atoms with Crippen molar-refractivity contribution in [2.75, 3.05) is 13.2 Å². The van der Waals surface area contributed by atoms with E-state index in [-0.39, 0.29) is 5.91 Å². The normalized spacial score (nSPS) is 18.8. The molecule has 0 bridgehead atoms. The van der Waals surface area contributed by atoms with Crippen LogP contribution in [-0.2, 0) is 4.74 Å². The van der Waals surface area contributed by atoms with Crippen molar-refractivity contribution in [1.29, 1.82) is 0 Å². The Balaban J connectivity index is 1.56. The zero-order valence-corrected chi connectivity index (χ0v) is 10.6. The third-order valence-corrected chi connectivity index (χ3v) is 3.35. The number of carbonyl (C=O) groups is 1. The fourth-order valence-electron chi connectivity index (χ4n) is 2.30. The van der Waals surface area contributed by atoms with Crippen LogP contribution in [0.1, 0.15) is 29.6 Å². The van der Waals surface area contributed by atoms with Crippen molar-refractivity contribution < 1.29 is 9.53 Å². The molecular formula is C13H16N4O2. The van der Waals surface area contributed by atoms with Gasteiger partial charge in [-0.1, -0.05) is 0 Å². The molecule has 3 rings (SSSR count). The molecular weight excluding hydrogens is 244 g/mol. The summed E-state index contributed by atoms with van der Waals surface area (Å²) in [6.07, 6.45) is 3.40. The zero-order valence-electron chi connectivity index (χ0n) is 10.6. The van der Waals surface area contributed by atoms with E-state index in [0.29, 0.717) is 23.7 Å². The first-order valence-corrected chi connectivity index (χ1v) is 6.53. The monoisotopic (exact) mass is 260 g/mol. The maximum absolute atomic E-state index is 12.0. The number of rotatable bonds is 4. The number of aromatic amines is 1. The number of nitrogens with zero attached hydrogens (tertiary/aromatic N) is 2. The summed E-state index contributed by atoms with van der Waals surface area (Å²) in [5.74, 6) is -0.0807. The summed E-state index contributed by atoms with van der Waals surface area (Å²) in [7, 11) is 0. The molecule has 1 aliphatic rings. The van der Waals surface area contributed by atoms with Crippen molar-refractivity contribution in [3.8, 4) is 0 Å². The van der Waals surface area contributed by atoms with Crippen LogP contribution in [0.5, 0.6) is 0 Å². The Morgan fingerprint density at radius 2 is 2.32 bits per heavy atom. The Kier molecular flexibility index (Phi) is 3.41. The van der Waals surface area contributed by atoms with Crippen LogP contribution >= 0.6 is 0 Å². The number of hydrogen-bond acceptors (Lipinski definition) is 4. The predicted molar refractivity (Wildman–Crippen MR) is 69.8 cm³/mol. The Hall–Kier alpha value is -1.95. The van der Waals surface area contributed by atoms with E-state index in [4.69, 9.17) is 4.74 Å². The lowest BCUT2D eigenvalue weighted by atomic mass is 10.1. The number of ether oxygens (including phenoxy) is 1. The van der Waals surface area contributed by atoms with E-state index in [9.17, 15) is 4.79 Å². The molecule has 1 aromatic carbocycles. The van der Waals surface area contributed by atoms with Crippen molar-refractivity contribution in [1.82, 2.24) is 20.7 Å². The van der Waals surface area contributed by atoms with Crippen molar-refractivity contribution in [3.05, 3.63) is 23.8 Å². The first-order chi connectivity index (χ1) is 9.33. The highest BCUT2D eigenvalue weighted by Crippen LogP contribution is 2.14. The summed E-state index contributed by atoms with van der Waals surface area (Å²) in [5.41, 5.74) is 2.07. The average Bonchev–Trinajstić information content (AvgIpc) is 3.08. The summed E-state index contributed by atoms with van der Waals surface area (Å²) in [6.45, 7) is 1.49. The lowest BCUT2D eigenvalue weighted by Gasteiger charge is -2.10. The second-order valence-electron chi connectivity index (χ2n) is 4.71. The Bertz CT molecular complexity index is 575. The fourth-order valence-corrected chi connectivity index (χ4v) is 2.30. The van der Waals surface area contributed by atoms with Gasteiger partial charge < -0.3 is 10.1 Å². The quantitative estimate of drug-likeness (QED) is 0.867. The van der Waals surface area contributed by atoms with Crippen LogP contribution in [0.3, 0.4) is 0 Å². The number of fused-ring (bicyclic) bond motifs is 1. The van der Waals surface area contributed by atoms with E-state index in [2.05, 4.69) is 20.7 Å². The number of benzene rings is 1. The summed E-state index contributed by atoms with van der Waals surface area (Å²) >= 11 is 0. The third-order valence-electron chi connectivity index (χ3n) is 3.35. The van der Waals surface area contributed by atoms with Gasteiger partial charge in [-0.2, -0.15) is 15.4 Å². The molecule has 6 heteroatoms. The summed E-state index contributed by atoms with van der Waals surface area (Å²) < 4.78 is 5.51. The SMILES string of the molecule is O=C(NCC[C@@H]1CCCO1)c1ccc2n[nH]nc2c1. The fraction of sp³-hybridized carbons (Fsp3) is 0.462. The number of carbonyl (C=O) groups excluding carboxylic acids is 1. The molecule has 0 saturated carbocycles. The van der Waals surface area contributed by atoms with E-state index < -0.39 is 0 Å². The number of amides is 1. The molecule has 2 heterocycles. The van der Waals surface area contributed by atoms with Gasteiger partial charge in [0.15, 0.2) is 0 Å². The second-order valence-corrected chi connectivity index (χ2v) is 4.71. The molecule has 1 amide bonds. The van der Waals surface area contributed by atoms with Crippen LogP contribution < -0.4 is 5.32 Å². The first kappa shape index (κ1) is 12.1. The lowest BCUT2D eigenvalue weighted by molar-refractivity contribution is 0.0907. The molecule has 0 unspecified atom stereocenters. The number of aromatic nitrogens is 3. The maximum atomic E-state index is 12.0. The first-order valence-electron chi connectivity index (χ1n) is 6.53. The van der Waals surface area contributed by atoms with E-state index >= 15 is 0 Å². The molecule has 0 spiro atoms. The Morgan fingerprint density at radius 1 is 1.42 bits per heavy atom. The van der Waals surface area contributed by atoms with Gasteiger partial charge in [-0.25, -0.2) is 0 Å². The maximum Gasteiger partial charge on any atom is 0.251 e. The predicted octanol–water partition coefficient (Wildman–Crippen LogP) is 1.26. The largest absolute Gasteiger partial charge is 0.378 e. The van der Waals surface area contributed by atoms with Gasteiger partial charge in [-0.3, -0.25) is 4.79 Å². The zero-order chi connectivity index (χ0) is 13.1. The molecule has 6 nitrogen and oxygen atoms in total. The minimum atomic E-state index is -0.0807. The molecule has 0 radical (unpaired) electrons. The van der Waals surface area contributed by atoms with Crippen LogP contribution in [0.2, 0.25) is 0 Å². The molecule has 1 aliphatic heterocycles. The standard InChI is InChI=1S/C13H16N4O2/c18-13(14-6-5-10-2-1-7-19-10)9-3-4-11-12(8-9)16-17-15-11/h3-4,8,10H,1-2,5-7H2,(H,14,18)(H,15,16,17)/t10-/m0/s1. The molecule has 1 atom stereocenters. The van der Waals surface area contributed by atoms with E-state index in [1.165, 1.54) is 0 Å².